The second-order valence-corrected chi connectivity index (χ2v) is 6.85. The number of ether oxygens (including phenoxy) is 2. The Hall–Kier alpha value is -2.70. The molecule has 1 fully saturated rings. The maximum Gasteiger partial charge on any atom is 0.396 e. The molecule has 0 spiro atoms. The highest BCUT2D eigenvalue weighted by molar-refractivity contribution is 6.32. The highest BCUT2D eigenvalue weighted by Crippen LogP contribution is 2.15. The molecule has 1 heterocycles. The molecular weight excluding hydrogens is 356 g/mol. The molecule has 28 heavy (non-hydrogen) atoms. The number of morpholine rings is 1. The second kappa shape index (κ2) is 10.0. The monoisotopic (exact) mass is 382 g/mol. The molecular formula is C22H26N2O4. The number of esters is 1. The molecule has 1 amide bonds. The Kier molecular flexibility index (Phi) is 7.17. The summed E-state index contributed by atoms with van der Waals surface area (Å²) >= 11 is 0. The van der Waals surface area contributed by atoms with Crippen molar-refractivity contribution >= 4 is 11.9 Å². The molecule has 1 saturated heterocycles. The number of benzene rings is 2. The van der Waals surface area contributed by atoms with Gasteiger partial charge in [-0.1, -0.05) is 60.7 Å². The summed E-state index contributed by atoms with van der Waals surface area (Å²) in [7, 11) is 1.23. The Morgan fingerprint density at radius 3 is 2.36 bits per heavy atom. The zero-order valence-corrected chi connectivity index (χ0v) is 16.1. The lowest BCUT2D eigenvalue weighted by Gasteiger charge is -2.38. The molecule has 148 valence electrons. The molecule has 6 nitrogen and oxygen atoms in total. The van der Waals surface area contributed by atoms with Crippen molar-refractivity contribution < 1.29 is 19.1 Å². The molecule has 0 aromatic heterocycles. The normalized spacial score (nSPS) is 17.1. The van der Waals surface area contributed by atoms with Gasteiger partial charge in [0.25, 0.3) is 0 Å². The third-order valence-corrected chi connectivity index (χ3v) is 4.87. The zero-order valence-electron chi connectivity index (χ0n) is 16.1. The number of hydrogen-bond donors (Lipinski definition) is 0. The van der Waals surface area contributed by atoms with Crippen LogP contribution in [0.3, 0.4) is 0 Å². The summed E-state index contributed by atoms with van der Waals surface area (Å²) in [6.07, 6.45) is 0. The Labute approximate surface area is 165 Å². The van der Waals surface area contributed by atoms with E-state index in [1.165, 1.54) is 12.7 Å². The lowest BCUT2D eigenvalue weighted by Crippen LogP contribution is -2.52. The van der Waals surface area contributed by atoms with Crippen LogP contribution in [-0.2, 0) is 32.2 Å². The van der Waals surface area contributed by atoms with Gasteiger partial charge in [-0.15, -0.1) is 0 Å². The summed E-state index contributed by atoms with van der Waals surface area (Å²) in [6, 6.07) is 19.9. The predicted molar refractivity (Wildman–Crippen MR) is 105 cm³/mol. The van der Waals surface area contributed by atoms with Crippen LogP contribution in [0.4, 0.5) is 0 Å². The van der Waals surface area contributed by atoms with E-state index in [-0.39, 0.29) is 6.04 Å². The van der Waals surface area contributed by atoms with Crippen molar-refractivity contribution in [2.45, 2.75) is 19.1 Å². The fourth-order valence-corrected chi connectivity index (χ4v) is 3.38. The minimum atomic E-state index is -0.845. The van der Waals surface area contributed by atoms with Gasteiger partial charge in [0.1, 0.15) is 0 Å². The van der Waals surface area contributed by atoms with Crippen LogP contribution >= 0.6 is 0 Å². The molecule has 2 aromatic rings. The molecule has 1 aliphatic rings. The SMILES string of the molecule is COC(=O)C(=O)N(Cc1ccccc1)C[C@@H]1COCCN1Cc1ccccc1. The van der Waals surface area contributed by atoms with Crippen LogP contribution in [0, 0.1) is 0 Å². The standard InChI is InChI=1S/C22H26N2O4/c1-27-22(26)21(25)24(15-19-10-6-3-7-11-19)16-20-17-28-13-12-23(20)14-18-8-4-2-5-9-18/h2-11,20H,12-17H2,1H3/t20-/m1/s1. The maximum absolute atomic E-state index is 12.6. The van der Waals surface area contributed by atoms with E-state index >= 15 is 0 Å². The number of nitrogens with zero attached hydrogens (tertiary/aromatic N) is 2. The van der Waals surface area contributed by atoms with E-state index in [0.717, 1.165) is 18.7 Å². The Balaban J connectivity index is 1.74. The summed E-state index contributed by atoms with van der Waals surface area (Å²) in [5, 5.41) is 0. The number of amides is 1. The van der Waals surface area contributed by atoms with Crippen LogP contribution in [0.15, 0.2) is 60.7 Å². The van der Waals surface area contributed by atoms with E-state index in [2.05, 4.69) is 21.8 Å². The van der Waals surface area contributed by atoms with Gasteiger partial charge in [0.15, 0.2) is 0 Å². The van der Waals surface area contributed by atoms with Gasteiger partial charge in [-0.3, -0.25) is 9.69 Å². The Morgan fingerprint density at radius 2 is 1.71 bits per heavy atom. The van der Waals surface area contributed by atoms with E-state index in [0.29, 0.717) is 26.3 Å². The first kappa shape index (κ1) is 20.0. The second-order valence-electron chi connectivity index (χ2n) is 6.85. The minimum Gasteiger partial charge on any atom is -0.462 e. The topological polar surface area (TPSA) is 59.1 Å². The lowest BCUT2D eigenvalue weighted by molar-refractivity contribution is -0.159. The lowest BCUT2D eigenvalue weighted by atomic mass is 10.1. The third kappa shape index (κ3) is 5.41. The van der Waals surface area contributed by atoms with Gasteiger partial charge in [-0.05, 0) is 11.1 Å². The molecule has 1 aliphatic heterocycles. The molecule has 0 unspecified atom stereocenters. The molecule has 1 atom stereocenters. The molecule has 0 bridgehead atoms. The van der Waals surface area contributed by atoms with Crippen molar-refractivity contribution in [1.82, 2.24) is 9.80 Å². The first-order valence-corrected chi connectivity index (χ1v) is 9.44. The van der Waals surface area contributed by atoms with Gasteiger partial charge in [0.2, 0.25) is 0 Å². The van der Waals surface area contributed by atoms with Crippen molar-refractivity contribution in [3.63, 3.8) is 0 Å². The number of carbonyl (C=O) groups is 2. The van der Waals surface area contributed by atoms with Crippen LogP contribution in [0.5, 0.6) is 0 Å². The molecule has 2 aromatic carbocycles. The van der Waals surface area contributed by atoms with E-state index in [1.807, 2.05) is 48.5 Å². The van der Waals surface area contributed by atoms with Gasteiger partial charge in [-0.25, -0.2) is 4.79 Å². The molecule has 0 N–H and O–H groups in total. The predicted octanol–water partition coefficient (Wildman–Crippen LogP) is 2.09. The van der Waals surface area contributed by atoms with E-state index in [1.54, 1.807) is 4.90 Å². The Bertz CT molecular complexity index is 767. The average molecular weight is 382 g/mol. The van der Waals surface area contributed by atoms with Crippen molar-refractivity contribution in [3.8, 4) is 0 Å². The van der Waals surface area contributed by atoms with Crippen LogP contribution in [0.1, 0.15) is 11.1 Å². The molecule has 6 heteroatoms. The van der Waals surface area contributed by atoms with Crippen molar-refractivity contribution in [3.05, 3.63) is 71.8 Å². The van der Waals surface area contributed by atoms with E-state index in [9.17, 15) is 9.59 Å². The number of methoxy groups -OCH3 is 1. The Morgan fingerprint density at radius 1 is 1.07 bits per heavy atom. The van der Waals surface area contributed by atoms with Crippen LogP contribution < -0.4 is 0 Å². The smallest absolute Gasteiger partial charge is 0.396 e. The number of rotatable bonds is 6. The van der Waals surface area contributed by atoms with Crippen molar-refractivity contribution in [2.75, 3.05) is 33.4 Å². The molecule has 0 radical (unpaired) electrons. The van der Waals surface area contributed by atoms with Crippen molar-refractivity contribution in [2.24, 2.45) is 0 Å². The fourth-order valence-electron chi connectivity index (χ4n) is 3.38. The van der Waals surface area contributed by atoms with Gasteiger partial charge in [-0.2, -0.15) is 0 Å². The van der Waals surface area contributed by atoms with Crippen molar-refractivity contribution in [1.29, 1.82) is 0 Å². The average Bonchev–Trinajstić information content (AvgIpc) is 2.75. The summed E-state index contributed by atoms with van der Waals surface area (Å²) in [5.41, 5.74) is 2.18. The molecule has 0 aliphatic carbocycles. The number of carbonyl (C=O) groups excluding carboxylic acids is 2. The summed E-state index contributed by atoms with van der Waals surface area (Å²) in [6.45, 7) is 3.49. The number of hydrogen-bond acceptors (Lipinski definition) is 5. The quantitative estimate of drug-likeness (QED) is 0.566. The first-order chi connectivity index (χ1) is 13.7. The van der Waals surface area contributed by atoms with Gasteiger partial charge in [0, 0.05) is 26.2 Å². The molecule has 3 rings (SSSR count). The fraction of sp³-hybridized carbons (Fsp3) is 0.364. The van der Waals surface area contributed by atoms with Crippen LogP contribution in [0.25, 0.3) is 0 Å². The zero-order chi connectivity index (χ0) is 19.8. The van der Waals surface area contributed by atoms with E-state index < -0.39 is 11.9 Å². The third-order valence-electron chi connectivity index (χ3n) is 4.87. The first-order valence-electron chi connectivity index (χ1n) is 9.44. The summed E-state index contributed by atoms with van der Waals surface area (Å²) in [5.74, 6) is -1.47. The minimum absolute atomic E-state index is 0.00581. The van der Waals surface area contributed by atoms with Gasteiger partial charge < -0.3 is 14.4 Å². The summed E-state index contributed by atoms with van der Waals surface area (Å²) < 4.78 is 10.3. The highest BCUT2D eigenvalue weighted by atomic mass is 16.5. The molecule has 0 saturated carbocycles. The highest BCUT2D eigenvalue weighted by Gasteiger charge is 2.30. The van der Waals surface area contributed by atoms with Gasteiger partial charge >= 0.3 is 11.9 Å². The van der Waals surface area contributed by atoms with Gasteiger partial charge in [0.05, 0.1) is 26.4 Å². The van der Waals surface area contributed by atoms with Crippen LogP contribution in [-0.4, -0.2) is 61.1 Å². The van der Waals surface area contributed by atoms with Crippen LogP contribution in [0.2, 0.25) is 0 Å². The largest absolute Gasteiger partial charge is 0.462 e. The van der Waals surface area contributed by atoms with E-state index in [4.69, 9.17) is 4.74 Å². The summed E-state index contributed by atoms with van der Waals surface area (Å²) in [4.78, 5) is 28.4. The maximum atomic E-state index is 12.6.